The minimum absolute atomic E-state index is 0.185. The summed E-state index contributed by atoms with van der Waals surface area (Å²) in [6.45, 7) is 4.23. The fourth-order valence-electron chi connectivity index (χ4n) is 7.50. The molecule has 178 valence electrons. The number of piperidine rings is 1. The van der Waals surface area contributed by atoms with E-state index in [-0.39, 0.29) is 17.1 Å². The normalized spacial score (nSPS) is 33.1. The summed E-state index contributed by atoms with van der Waals surface area (Å²) in [5, 5.41) is 10.9. The van der Waals surface area contributed by atoms with E-state index in [9.17, 15) is 9.90 Å². The molecule has 2 aliphatic heterocycles. The third-order valence-electron chi connectivity index (χ3n) is 9.40. The Morgan fingerprint density at radius 1 is 1.18 bits per heavy atom. The van der Waals surface area contributed by atoms with E-state index in [0.717, 1.165) is 43.0 Å². The standard InChI is InChI=1S/C29H33NO4/c1-17(19-5-3-2-4-6-19)28(32)33-24-12-9-20-15-22-21-10-11-23(31)27-29(21,25(20)26(24)34-27)13-14-30(22)16-18-7-8-18/h2-6,9,12,17-18,21-22,27-28,32H,7-8,10-11,13-16H2,1H3/t17?,21-,22+,27?,28?,29-/m0/s1. The highest BCUT2D eigenvalue weighted by atomic mass is 16.6. The van der Waals surface area contributed by atoms with Crippen LogP contribution in [0.2, 0.25) is 0 Å². The van der Waals surface area contributed by atoms with E-state index in [1.807, 2.05) is 43.3 Å². The van der Waals surface area contributed by atoms with Crippen molar-refractivity contribution >= 4 is 5.78 Å². The molecule has 34 heavy (non-hydrogen) atoms. The highest BCUT2D eigenvalue weighted by molar-refractivity contribution is 5.89. The third kappa shape index (κ3) is 2.96. The zero-order valence-corrected chi connectivity index (χ0v) is 19.8. The molecule has 2 heterocycles. The van der Waals surface area contributed by atoms with Gasteiger partial charge < -0.3 is 14.6 Å². The van der Waals surface area contributed by atoms with Crippen molar-refractivity contribution in [1.82, 2.24) is 4.90 Å². The van der Waals surface area contributed by atoms with Gasteiger partial charge in [-0.3, -0.25) is 9.69 Å². The summed E-state index contributed by atoms with van der Waals surface area (Å²) in [5.41, 5.74) is 3.33. The smallest absolute Gasteiger partial charge is 0.204 e. The Kier molecular flexibility index (Phi) is 4.66. The number of carbonyl (C=O) groups excluding carboxylic acids is 1. The van der Waals surface area contributed by atoms with Gasteiger partial charge in [0.2, 0.25) is 6.29 Å². The molecular weight excluding hydrogens is 426 g/mol. The molecule has 5 nitrogen and oxygen atoms in total. The number of benzene rings is 2. The van der Waals surface area contributed by atoms with Crippen LogP contribution in [0.1, 0.15) is 61.6 Å². The molecule has 5 aliphatic rings. The van der Waals surface area contributed by atoms with Gasteiger partial charge in [0, 0.05) is 35.9 Å². The van der Waals surface area contributed by atoms with E-state index in [2.05, 4.69) is 11.0 Å². The van der Waals surface area contributed by atoms with Crippen molar-refractivity contribution in [3.8, 4) is 11.5 Å². The van der Waals surface area contributed by atoms with Gasteiger partial charge in [0.05, 0.1) is 0 Å². The molecule has 1 N–H and O–H groups in total. The number of hydrogen-bond acceptors (Lipinski definition) is 5. The van der Waals surface area contributed by atoms with E-state index in [0.29, 0.717) is 24.1 Å². The van der Waals surface area contributed by atoms with Gasteiger partial charge in [0.1, 0.15) is 0 Å². The second kappa shape index (κ2) is 7.56. The average Bonchev–Trinajstić information content (AvgIpc) is 3.60. The molecule has 3 fully saturated rings. The summed E-state index contributed by atoms with van der Waals surface area (Å²) in [6, 6.07) is 14.6. The maximum atomic E-state index is 13.2. The number of likely N-dealkylation sites (tertiary alicyclic amines) is 1. The van der Waals surface area contributed by atoms with Crippen LogP contribution in [0.4, 0.5) is 0 Å². The number of aliphatic hydroxyl groups is 1. The number of hydrogen-bond donors (Lipinski definition) is 1. The van der Waals surface area contributed by atoms with Gasteiger partial charge in [-0.1, -0.05) is 43.3 Å². The molecule has 2 bridgehead atoms. The lowest BCUT2D eigenvalue weighted by Gasteiger charge is -2.57. The monoisotopic (exact) mass is 459 g/mol. The Hall–Kier alpha value is -2.37. The zero-order chi connectivity index (χ0) is 23.0. The van der Waals surface area contributed by atoms with Crippen LogP contribution in [-0.2, 0) is 16.6 Å². The Labute approximate surface area is 201 Å². The van der Waals surface area contributed by atoms with Crippen LogP contribution >= 0.6 is 0 Å². The highest BCUT2D eigenvalue weighted by Crippen LogP contribution is 2.63. The Morgan fingerprint density at radius 3 is 2.79 bits per heavy atom. The first-order valence-electron chi connectivity index (χ1n) is 13.1. The number of nitrogens with zero attached hydrogens (tertiary/aromatic N) is 1. The van der Waals surface area contributed by atoms with Crippen LogP contribution in [0.5, 0.6) is 11.5 Å². The molecule has 2 aromatic carbocycles. The Morgan fingerprint density at radius 2 is 2.00 bits per heavy atom. The average molecular weight is 460 g/mol. The topological polar surface area (TPSA) is 59.0 Å². The van der Waals surface area contributed by atoms with Crippen molar-refractivity contribution < 1.29 is 19.4 Å². The molecule has 2 saturated carbocycles. The lowest BCUT2D eigenvalue weighted by molar-refractivity contribution is -0.138. The van der Waals surface area contributed by atoms with Gasteiger partial charge in [0.15, 0.2) is 23.4 Å². The van der Waals surface area contributed by atoms with Crippen LogP contribution in [0.25, 0.3) is 0 Å². The first-order valence-corrected chi connectivity index (χ1v) is 13.1. The summed E-state index contributed by atoms with van der Waals surface area (Å²) in [4.78, 5) is 15.9. The maximum absolute atomic E-state index is 13.2. The fourth-order valence-corrected chi connectivity index (χ4v) is 7.50. The molecule has 5 heteroatoms. The predicted octanol–water partition coefficient (Wildman–Crippen LogP) is 4.21. The van der Waals surface area contributed by atoms with Crippen LogP contribution in [0, 0.1) is 11.8 Å². The quantitative estimate of drug-likeness (QED) is 0.656. The van der Waals surface area contributed by atoms with Crippen LogP contribution in [-0.4, -0.2) is 47.3 Å². The van der Waals surface area contributed by atoms with Gasteiger partial charge in [-0.25, -0.2) is 0 Å². The molecule has 0 radical (unpaired) electrons. The fraction of sp³-hybridized carbons (Fsp3) is 0.552. The molecule has 3 unspecified atom stereocenters. The van der Waals surface area contributed by atoms with Crippen LogP contribution in [0.3, 0.4) is 0 Å². The molecule has 0 aromatic heterocycles. The van der Waals surface area contributed by atoms with Crippen molar-refractivity contribution in [3.63, 3.8) is 0 Å². The SMILES string of the molecule is CC(c1ccccc1)C(O)Oc1ccc2c3c1OC1C(=O)CC[C@H]4[C@@H](C2)N(CC2CC2)CC[C@]314. The van der Waals surface area contributed by atoms with Crippen molar-refractivity contribution in [2.45, 2.75) is 75.2 Å². The zero-order valence-electron chi connectivity index (χ0n) is 19.8. The van der Waals surface area contributed by atoms with E-state index in [1.165, 1.54) is 30.5 Å². The van der Waals surface area contributed by atoms with Crippen molar-refractivity contribution in [3.05, 3.63) is 59.2 Å². The molecule has 6 atom stereocenters. The second-order valence-corrected chi connectivity index (χ2v) is 11.2. The van der Waals surface area contributed by atoms with E-state index in [1.54, 1.807) is 0 Å². The van der Waals surface area contributed by atoms with E-state index < -0.39 is 12.4 Å². The first-order chi connectivity index (χ1) is 16.6. The largest absolute Gasteiger partial charge is 0.477 e. The lowest BCUT2D eigenvalue weighted by atomic mass is 9.51. The van der Waals surface area contributed by atoms with Gasteiger partial charge >= 0.3 is 0 Å². The summed E-state index contributed by atoms with van der Waals surface area (Å²) in [5.74, 6) is 2.67. The van der Waals surface area contributed by atoms with Gasteiger partial charge in [-0.15, -0.1) is 0 Å². The number of ether oxygens (including phenoxy) is 2. The number of aliphatic hydroxyl groups excluding tert-OH is 1. The lowest BCUT2D eigenvalue weighted by Crippen LogP contribution is -2.66. The van der Waals surface area contributed by atoms with Crippen molar-refractivity contribution in [1.29, 1.82) is 0 Å². The summed E-state index contributed by atoms with van der Waals surface area (Å²) in [6.07, 6.45) is 4.91. The molecule has 2 aromatic rings. The molecule has 3 aliphatic carbocycles. The van der Waals surface area contributed by atoms with Crippen LogP contribution in [0.15, 0.2) is 42.5 Å². The molecular formula is C29H33NO4. The minimum Gasteiger partial charge on any atom is -0.477 e. The van der Waals surface area contributed by atoms with E-state index in [4.69, 9.17) is 9.47 Å². The van der Waals surface area contributed by atoms with Gasteiger partial charge in [0.25, 0.3) is 0 Å². The summed E-state index contributed by atoms with van der Waals surface area (Å²) < 4.78 is 12.7. The number of rotatable bonds is 6. The van der Waals surface area contributed by atoms with Gasteiger partial charge in [-0.2, -0.15) is 0 Å². The van der Waals surface area contributed by atoms with Crippen LogP contribution < -0.4 is 9.47 Å². The van der Waals surface area contributed by atoms with E-state index >= 15 is 0 Å². The Bertz CT molecular complexity index is 1130. The third-order valence-corrected chi connectivity index (χ3v) is 9.40. The molecule has 0 amide bonds. The maximum Gasteiger partial charge on any atom is 0.204 e. The minimum atomic E-state index is -0.997. The summed E-state index contributed by atoms with van der Waals surface area (Å²) >= 11 is 0. The molecule has 7 rings (SSSR count). The van der Waals surface area contributed by atoms with Crippen molar-refractivity contribution in [2.75, 3.05) is 13.1 Å². The number of Topliss-reactive ketones (excluding diaryl/α,β-unsaturated/α-hetero) is 1. The summed E-state index contributed by atoms with van der Waals surface area (Å²) in [7, 11) is 0. The predicted molar refractivity (Wildman–Crippen MR) is 128 cm³/mol. The second-order valence-electron chi connectivity index (χ2n) is 11.2. The Balaban J connectivity index is 1.26. The first kappa shape index (κ1) is 21.0. The van der Waals surface area contributed by atoms with Crippen molar-refractivity contribution in [2.24, 2.45) is 11.8 Å². The highest BCUT2D eigenvalue weighted by Gasteiger charge is 2.66. The number of ketones is 1. The molecule has 1 spiro atoms. The number of carbonyl (C=O) groups is 1. The van der Waals surface area contributed by atoms with Gasteiger partial charge in [-0.05, 0) is 67.7 Å². The molecule has 1 saturated heterocycles.